The lowest BCUT2D eigenvalue weighted by molar-refractivity contribution is -0.120. The van der Waals surface area contributed by atoms with Gasteiger partial charge in [-0.2, -0.15) is 5.10 Å². The minimum Gasteiger partial charge on any atom is -0.438 e. The van der Waals surface area contributed by atoms with Crippen LogP contribution in [-0.4, -0.2) is 25.9 Å². The minimum atomic E-state index is 0.0366. The molecular formula is C19H21N5O2. The molecule has 0 atom stereocenters. The number of hydrogen-bond acceptors (Lipinski definition) is 5. The van der Waals surface area contributed by atoms with Gasteiger partial charge < -0.3 is 10.1 Å². The van der Waals surface area contributed by atoms with Gasteiger partial charge in [-0.3, -0.25) is 4.79 Å². The van der Waals surface area contributed by atoms with Gasteiger partial charge in [-0.05, 0) is 49.2 Å². The average Bonchev–Trinajstić information content (AvgIpc) is 3.20. The van der Waals surface area contributed by atoms with E-state index < -0.39 is 0 Å². The van der Waals surface area contributed by atoms with Crippen molar-refractivity contribution < 1.29 is 9.53 Å². The number of ether oxygens (including phenoxy) is 1. The van der Waals surface area contributed by atoms with Crippen molar-refractivity contribution in [2.45, 2.75) is 26.7 Å². The fraction of sp³-hybridized carbons (Fsp3) is 0.263. The second-order valence-corrected chi connectivity index (χ2v) is 5.81. The molecule has 2 aromatic heterocycles. The van der Waals surface area contributed by atoms with Crippen LogP contribution >= 0.6 is 0 Å². The molecule has 1 aromatic carbocycles. The summed E-state index contributed by atoms with van der Waals surface area (Å²) in [7, 11) is 0. The normalized spacial score (nSPS) is 10.7. The summed E-state index contributed by atoms with van der Waals surface area (Å²) >= 11 is 0. The van der Waals surface area contributed by atoms with Crippen molar-refractivity contribution in [3.8, 4) is 17.4 Å². The van der Waals surface area contributed by atoms with Crippen LogP contribution in [-0.2, 0) is 4.79 Å². The summed E-state index contributed by atoms with van der Waals surface area (Å²) in [5.74, 6) is 1.70. The number of benzene rings is 1. The number of anilines is 1. The number of hydrogen-bond donors (Lipinski definition) is 1. The number of nitrogens with zero attached hydrogens (tertiary/aromatic N) is 4. The molecule has 0 saturated heterocycles. The third kappa shape index (κ3) is 4.24. The molecule has 7 nitrogen and oxygen atoms in total. The van der Waals surface area contributed by atoms with Gasteiger partial charge in [0.1, 0.15) is 5.75 Å². The Labute approximate surface area is 152 Å². The summed E-state index contributed by atoms with van der Waals surface area (Å²) in [6.45, 7) is 4.03. The molecule has 2 heterocycles. The lowest BCUT2D eigenvalue weighted by Gasteiger charge is -2.13. The van der Waals surface area contributed by atoms with Crippen LogP contribution in [0.2, 0.25) is 0 Å². The summed E-state index contributed by atoms with van der Waals surface area (Å²) in [4.78, 5) is 12.1. The highest BCUT2D eigenvalue weighted by Crippen LogP contribution is 2.22. The zero-order chi connectivity index (χ0) is 18.4. The SMILES string of the molecule is CCC(CC)C(=O)Nc1ccc(Oc2ccc(-n3cccn3)nn2)cc1. The molecule has 0 aliphatic carbocycles. The van der Waals surface area contributed by atoms with Gasteiger partial charge in [-0.15, -0.1) is 10.2 Å². The van der Waals surface area contributed by atoms with E-state index in [1.807, 2.05) is 19.9 Å². The molecule has 26 heavy (non-hydrogen) atoms. The zero-order valence-corrected chi connectivity index (χ0v) is 14.8. The van der Waals surface area contributed by atoms with Crippen LogP contribution < -0.4 is 10.1 Å². The standard InChI is InChI=1S/C19H21N5O2/c1-3-14(4-2)19(25)21-15-6-8-16(9-7-15)26-18-11-10-17(22-23-18)24-13-5-12-20-24/h5-14H,3-4H2,1-2H3,(H,21,25). The Morgan fingerprint density at radius 2 is 1.88 bits per heavy atom. The Hall–Kier alpha value is -3.22. The van der Waals surface area contributed by atoms with Gasteiger partial charge in [0.25, 0.3) is 0 Å². The van der Waals surface area contributed by atoms with Crippen LogP contribution in [0, 0.1) is 5.92 Å². The Bertz CT molecular complexity index is 825. The minimum absolute atomic E-state index is 0.0366. The largest absolute Gasteiger partial charge is 0.438 e. The van der Waals surface area contributed by atoms with Gasteiger partial charge in [-0.25, -0.2) is 4.68 Å². The molecule has 0 saturated carbocycles. The van der Waals surface area contributed by atoms with Crippen molar-refractivity contribution in [1.29, 1.82) is 0 Å². The molecule has 134 valence electrons. The number of carbonyl (C=O) groups is 1. The molecule has 3 rings (SSSR count). The first kappa shape index (κ1) is 17.6. The average molecular weight is 351 g/mol. The molecule has 1 N–H and O–H groups in total. The second kappa shape index (κ2) is 8.24. The highest BCUT2D eigenvalue weighted by molar-refractivity contribution is 5.92. The third-order valence-corrected chi connectivity index (χ3v) is 4.07. The molecule has 7 heteroatoms. The van der Waals surface area contributed by atoms with Crippen LogP contribution in [0.3, 0.4) is 0 Å². The zero-order valence-electron chi connectivity index (χ0n) is 14.8. The van der Waals surface area contributed by atoms with Gasteiger partial charge >= 0.3 is 0 Å². The van der Waals surface area contributed by atoms with Crippen LogP contribution in [0.15, 0.2) is 54.9 Å². The first-order valence-electron chi connectivity index (χ1n) is 8.62. The highest BCUT2D eigenvalue weighted by atomic mass is 16.5. The molecule has 0 radical (unpaired) electrons. The van der Waals surface area contributed by atoms with Crippen molar-refractivity contribution in [1.82, 2.24) is 20.0 Å². The molecular weight excluding hydrogens is 330 g/mol. The molecule has 0 aliphatic heterocycles. The van der Waals surface area contributed by atoms with E-state index in [1.54, 1.807) is 53.5 Å². The molecule has 0 unspecified atom stereocenters. The molecule has 0 fully saturated rings. The first-order valence-corrected chi connectivity index (χ1v) is 8.62. The van der Waals surface area contributed by atoms with Crippen molar-refractivity contribution in [3.05, 3.63) is 54.9 Å². The molecule has 0 bridgehead atoms. The van der Waals surface area contributed by atoms with Crippen molar-refractivity contribution >= 4 is 11.6 Å². The fourth-order valence-electron chi connectivity index (χ4n) is 2.52. The Balaban J connectivity index is 1.61. The van der Waals surface area contributed by atoms with Crippen LogP contribution in [0.4, 0.5) is 5.69 Å². The maximum absolute atomic E-state index is 12.1. The van der Waals surface area contributed by atoms with E-state index in [9.17, 15) is 4.79 Å². The van der Waals surface area contributed by atoms with E-state index in [-0.39, 0.29) is 11.8 Å². The molecule has 0 spiro atoms. The maximum atomic E-state index is 12.1. The van der Waals surface area contributed by atoms with Crippen molar-refractivity contribution in [3.63, 3.8) is 0 Å². The van der Waals surface area contributed by atoms with Gasteiger partial charge in [0.05, 0.1) is 0 Å². The quantitative estimate of drug-likeness (QED) is 0.699. The summed E-state index contributed by atoms with van der Waals surface area (Å²) in [6.07, 6.45) is 5.13. The third-order valence-electron chi connectivity index (χ3n) is 4.07. The lowest BCUT2D eigenvalue weighted by Crippen LogP contribution is -2.21. The second-order valence-electron chi connectivity index (χ2n) is 5.81. The summed E-state index contributed by atoms with van der Waals surface area (Å²) in [5, 5.41) is 15.1. The van der Waals surface area contributed by atoms with Gasteiger partial charge in [0.15, 0.2) is 5.82 Å². The van der Waals surface area contributed by atoms with E-state index in [0.717, 1.165) is 18.5 Å². The van der Waals surface area contributed by atoms with E-state index in [2.05, 4.69) is 20.6 Å². The van der Waals surface area contributed by atoms with Crippen LogP contribution in [0.5, 0.6) is 11.6 Å². The fourth-order valence-corrected chi connectivity index (χ4v) is 2.52. The monoisotopic (exact) mass is 351 g/mol. The number of carbonyl (C=O) groups excluding carboxylic acids is 1. The number of amides is 1. The van der Waals surface area contributed by atoms with Gasteiger partial charge in [-0.1, -0.05) is 13.8 Å². The Morgan fingerprint density at radius 3 is 2.46 bits per heavy atom. The van der Waals surface area contributed by atoms with Gasteiger partial charge in [0, 0.05) is 30.1 Å². The van der Waals surface area contributed by atoms with Crippen molar-refractivity contribution in [2.24, 2.45) is 5.92 Å². The van der Waals surface area contributed by atoms with Gasteiger partial charge in [0.2, 0.25) is 11.8 Å². The lowest BCUT2D eigenvalue weighted by atomic mass is 10.0. The first-order chi connectivity index (χ1) is 12.7. The van der Waals surface area contributed by atoms with E-state index in [0.29, 0.717) is 17.4 Å². The number of rotatable bonds is 7. The van der Waals surface area contributed by atoms with E-state index >= 15 is 0 Å². The summed E-state index contributed by atoms with van der Waals surface area (Å²) in [5.41, 5.74) is 0.745. The predicted octanol–water partition coefficient (Wildman–Crippen LogP) is 3.83. The number of nitrogens with one attached hydrogen (secondary N) is 1. The Kier molecular flexibility index (Phi) is 5.58. The summed E-state index contributed by atoms with van der Waals surface area (Å²) in [6, 6.07) is 12.5. The van der Waals surface area contributed by atoms with Crippen LogP contribution in [0.1, 0.15) is 26.7 Å². The predicted molar refractivity (Wildman–Crippen MR) is 98.4 cm³/mol. The topological polar surface area (TPSA) is 81.9 Å². The molecule has 1 amide bonds. The van der Waals surface area contributed by atoms with Crippen molar-refractivity contribution in [2.75, 3.05) is 5.32 Å². The smallest absolute Gasteiger partial charge is 0.238 e. The summed E-state index contributed by atoms with van der Waals surface area (Å²) < 4.78 is 7.30. The Morgan fingerprint density at radius 1 is 1.12 bits per heavy atom. The maximum Gasteiger partial charge on any atom is 0.238 e. The highest BCUT2D eigenvalue weighted by Gasteiger charge is 2.14. The van der Waals surface area contributed by atoms with E-state index in [1.165, 1.54) is 0 Å². The molecule has 3 aromatic rings. The van der Waals surface area contributed by atoms with Crippen LogP contribution in [0.25, 0.3) is 5.82 Å². The van der Waals surface area contributed by atoms with E-state index in [4.69, 9.17) is 4.74 Å². The number of aromatic nitrogens is 4. The molecule has 0 aliphatic rings.